The van der Waals surface area contributed by atoms with Gasteiger partial charge in [0.25, 0.3) is 5.56 Å². The Bertz CT molecular complexity index is 1210. The molecule has 1 aliphatic rings. The average molecular weight is 468 g/mol. The van der Waals surface area contributed by atoms with Crippen LogP contribution < -0.4 is 15.6 Å². The first-order valence-corrected chi connectivity index (χ1v) is 11.8. The van der Waals surface area contributed by atoms with Crippen LogP contribution in [-0.4, -0.2) is 29.4 Å². The van der Waals surface area contributed by atoms with Crippen molar-refractivity contribution in [3.05, 3.63) is 74.7 Å². The van der Waals surface area contributed by atoms with Crippen molar-refractivity contribution < 1.29 is 9.47 Å². The van der Waals surface area contributed by atoms with Gasteiger partial charge < -0.3 is 14.8 Å². The lowest BCUT2D eigenvalue weighted by molar-refractivity contribution is 0.0572. The maximum absolute atomic E-state index is 13.6. The Hall–Kier alpha value is -2.83. The highest BCUT2D eigenvalue weighted by Crippen LogP contribution is 2.37. The third kappa shape index (κ3) is 4.37. The maximum Gasteiger partial charge on any atom is 0.278 e. The number of rotatable bonds is 8. The molecule has 0 radical (unpaired) electrons. The third-order valence-corrected chi connectivity index (χ3v) is 6.49. The lowest BCUT2D eigenvalue weighted by Crippen LogP contribution is -2.32. The Balaban J connectivity index is 1.81. The Morgan fingerprint density at radius 2 is 1.97 bits per heavy atom. The highest BCUT2D eigenvalue weighted by atomic mass is 35.5. The number of hydrogen-bond donors (Lipinski definition) is 1. The summed E-state index contributed by atoms with van der Waals surface area (Å²) in [6.07, 6.45) is 1.50. The predicted octanol–water partition coefficient (Wildman–Crippen LogP) is 5.27. The molecule has 0 unspecified atom stereocenters. The Kier molecular flexibility index (Phi) is 7.05. The summed E-state index contributed by atoms with van der Waals surface area (Å²) in [5, 5.41) is 4.08. The van der Waals surface area contributed by atoms with Gasteiger partial charge in [0.2, 0.25) is 0 Å². The topological polar surface area (TPSA) is 65.4 Å². The lowest BCUT2D eigenvalue weighted by Gasteiger charge is -2.26. The summed E-state index contributed by atoms with van der Waals surface area (Å²) in [5.41, 5.74) is 4.06. The molecule has 1 heterocycles. The number of aryl methyl sites for hydroxylation is 1. The predicted molar refractivity (Wildman–Crippen MR) is 132 cm³/mol. The molecule has 0 saturated carbocycles. The number of benzene rings is 2. The standard InChI is InChI=1S/C26H30ClN3O3/c1-5-21-25(29-23-18-11-9-8-10-16(18)14-22(23)33-7-3)30(6-2)26(31)24(28-21)19-13-12-17(32-4)15-20(19)27/h8-13,15,22-23,29H,5-7,14H2,1-4H3/t22-,23+/m0/s1. The molecule has 1 aromatic heterocycles. The van der Waals surface area contributed by atoms with E-state index in [4.69, 9.17) is 26.1 Å². The van der Waals surface area contributed by atoms with Crippen molar-refractivity contribution >= 4 is 17.4 Å². The van der Waals surface area contributed by atoms with Crippen molar-refractivity contribution in [1.29, 1.82) is 0 Å². The van der Waals surface area contributed by atoms with Crippen molar-refractivity contribution in [1.82, 2.24) is 9.55 Å². The van der Waals surface area contributed by atoms with E-state index in [2.05, 4.69) is 23.5 Å². The quantitative estimate of drug-likeness (QED) is 0.489. The van der Waals surface area contributed by atoms with Crippen LogP contribution in [0.2, 0.25) is 5.02 Å². The van der Waals surface area contributed by atoms with E-state index in [1.54, 1.807) is 29.9 Å². The summed E-state index contributed by atoms with van der Waals surface area (Å²) in [5.74, 6) is 1.38. The minimum Gasteiger partial charge on any atom is -0.497 e. The number of ether oxygens (including phenoxy) is 2. The molecule has 2 atom stereocenters. The van der Waals surface area contributed by atoms with Gasteiger partial charge in [-0.05, 0) is 49.6 Å². The van der Waals surface area contributed by atoms with Gasteiger partial charge in [0.15, 0.2) is 0 Å². The second-order valence-corrected chi connectivity index (χ2v) is 8.43. The molecule has 0 fully saturated rings. The van der Waals surface area contributed by atoms with E-state index in [0.717, 1.165) is 17.9 Å². The van der Waals surface area contributed by atoms with Gasteiger partial charge in [0.05, 0.1) is 30.0 Å². The number of nitrogens with one attached hydrogen (secondary N) is 1. The number of nitrogens with zero attached hydrogens (tertiary/aromatic N) is 2. The summed E-state index contributed by atoms with van der Waals surface area (Å²) in [6.45, 7) is 7.15. The SMILES string of the molecule is CCO[C@H]1Cc2ccccc2[C@H]1Nc1c(CC)nc(-c2ccc(OC)cc2Cl)c(=O)n1CC. The molecule has 3 aromatic rings. The first-order chi connectivity index (χ1) is 16.0. The number of aromatic nitrogens is 2. The smallest absolute Gasteiger partial charge is 0.278 e. The summed E-state index contributed by atoms with van der Waals surface area (Å²) in [7, 11) is 1.58. The van der Waals surface area contributed by atoms with Crippen LogP contribution in [0.5, 0.6) is 5.75 Å². The molecule has 6 nitrogen and oxygen atoms in total. The van der Waals surface area contributed by atoms with Crippen molar-refractivity contribution in [2.75, 3.05) is 19.0 Å². The zero-order valence-corrected chi connectivity index (χ0v) is 20.3. The third-order valence-electron chi connectivity index (χ3n) is 6.18. The van der Waals surface area contributed by atoms with Crippen molar-refractivity contribution in [3.8, 4) is 17.0 Å². The number of methoxy groups -OCH3 is 1. The molecule has 0 bridgehead atoms. The molecule has 0 spiro atoms. The molecule has 0 saturated heterocycles. The molecular formula is C26H30ClN3O3. The fourth-order valence-corrected chi connectivity index (χ4v) is 4.83. The fourth-order valence-electron chi connectivity index (χ4n) is 4.57. The summed E-state index contributed by atoms with van der Waals surface area (Å²) < 4.78 is 13.1. The van der Waals surface area contributed by atoms with Gasteiger partial charge in [0.1, 0.15) is 17.3 Å². The van der Waals surface area contributed by atoms with Gasteiger partial charge in [-0.1, -0.05) is 42.8 Å². The first kappa shape index (κ1) is 23.3. The van der Waals surface area contributed by atoms with E-state index in [9.17, 15) is 4.79 Å². The lowest BCUT2D eigenvalue weighted by atomic mass is 10.1. The van der Waals surface area contributed by atoms with Crippen molar-refractivity contribution in [2.24, 2.45) is 0 Å². The number of anilines is 1. The maximum atomic E-state index is 13.6. The van der Waals surface area contributed by atoms with Gasteiger partial charge in [0, 0.05) is 25.1 Å². The van der Waals surface area contributed by atoms with Crippen LogP contribution in [0.25, 0.3) is 11.3 Å². The Morgan fingerprint density at radius 1 is 1.18 bits per heavy atom. The minimum absolute atomic E-state index is 0.00627. The van der Waals surface area contributed by atoms with Crippen LogP contribution in [0, 0.1) is 0 Å². The average Bonchev–Trinajstić information content (AvgIpc) is 3.17. The molecule has 1 aliphatic carbocycles. The number of fused-ring (bicyclic) bond motifs is 1. The van der Waals surface area contributed by atoms with Crippen LogP contribution in [0.3, 0.4) is 0 Å². The van der Waals surface area contributed by atoms with Gasteiger partial charge in [-0.2, -0.15) is 0 Å². The molecule has 2 aromatic carbocycles. The molecule has 7 heteroatoms. The molecule has 33 heavy (non-hydrogen) atoms. The highest BCUT2D eigenvalue weighted by molar-refractivity contribution is 6.33. The summed E-state index contributed by atoms with van der Waals surface area (Å²) in [6, 6.07) is 13.6. The molecule has 0 amide bonds. The summed E-state index contributed by atoms with van der Waals surface area (Å²) >= 11 is 6.49. The molecule has 0 aliphatic heterocycles. The van der Waals surface area contributed by atoms with Gasteiger partial charge in [-0.15, -0.1) is 0 Å². The zero-order valence-electron chi connectivity index (χ0n) is 19.5. The van der Waals surface area contributed by atoms with E-state index >= 15 is 0 Å². The number of hydrogen-bond acceptors (Lipinski definition) is 5. The van der Waals surface area contributed by atoms with Crippen LogP contribution in [0.4, 0.5) is 5.82 Å². The van der Waals surface area contributed by atoms with Crippen LogP contribution in [0.15, 0.2) is 47.3 Å². The highest BCUT2D eigenvalue weighted by Gasteiger charge is 2.34. The summed E-state index contributed by atoms with van der Waals surface area (Å²) in [4.78, 5) is 18.4. The molecule has 4 rings (SSSR count). The molecular weight excluding hydrogens is 438 g/mol. The second-order valence-electron chi connectivity index (χ2n) is 8.02. The van der Waals surface area contributed by atoms with Crippen LogP contribution in [0.1, 0.15) is 43.6 Å². The van der Waals surface area contributed by atoms with E-state index in [0.29, 0.717) is 41.6 Å². The minimum atomic E-state index is -0.177. The van der Waals surface area contributed by atoms with Crippen LogP contribution >= 0.6 is 11.6 Å². The Labute approximate surface area is 199 Å². The number of halogens is 1. The van der Waals surface area contributed by atoms with Gasteiger partial charge >= 0.3 is 0 Å². The normalized spacial score (nSPS) is 17.1. The second kappa shape index (κ2) is 9.98. The van der Waals surface area contributed by atoms with E-state index in [1.165, 1.54) is 11.1 Å². The van der Waals surface area contributed by atoms with E-state index in [-0.39, 0.29) is 17.7 Å². The van der Waals surface area contributed by atoms with E-state index in [1.807, 2.05) is 26.8 Å². The van der Waals surface area contributed by atoms with Crippen LogP contribution in [-0.2, 0) is 24.1 Å². The van der Waals surface area contributed by atoms with Crippen molar-refractivity contribution in [3.63, 3.8) is 0 Å². The largest absolute Gasteiger partial charge is 0.497 e. The first-order valence-electron chi connectivity index (χ1n) is 11.5. The zero-order chi connectivity index (χ0) is 23.5. The van der Waals surface area contributed by atoms with E-state index < -0.39 is 0 Å². The van der Waals surface area contributed by atoms with Gasteiger partial charge in [-0.3, -0.25) is 9.36 Å². The molecule has 1 N–H and O–H groups in total. The fraction of sp³-hybridized carbons (Fsp3) is 0.385. The van der Waals surface area contributed by atoms with Gasteiger partial charge in [-0.25, -0.2) is 4.98 Å². The molecule has 174 valence electrons. The monoisotopic (exact) mass is 467 g/mol. The van der Waals surface area contributed by atoms with Crippen molar-refractivity contribution in [2.45, 2.75) is 52.3 Å². The Morgan fingerprint density at radius 3 is 2.64 bits per heavy atom.